The predicted octanol–water partition coefficient (Wildman–Crippen LogP) is 3.66. The standard InChI is InChI=1S/C19H21NO/c21-19-10-5-11-20(18-9-4-3-8-17(18)19)13-15-12-14-6-1-2-7-16(14)15/h1-4,6-9,15,19,21H,5,10-13H2. The van der Waals surface area contributed by atoms with Crippen molar-refractivity contribution < 1.29 is 5.11 Å². The molecule has 4 rings (SSSR count). The highest BCUT2D eigenvalue weighted by atomic mass is 16.3. The summed E-state index contributed by atoms with van der Waals surface area (Å²) in [6.45, 7) is 2.12. The zero-order valence-corrected chi connectivity index (χ0v) is 12.2. The molecule has 0 bridgehead atoms. The first kappa shape index (κ1) is 12.9. The van der Waals surface area contributed by atoms with E-state index in [9.17, 15) is 5.11 Å². The van der Waals surface area contributed by atoms with Crippen molar-refractivity contribution in [1.82, 2.24) is 0 Å². The van der Waals surface area contributed by atoms with Crippen molar-refractivity contribution in [2.24, 2.45) is 0 Å². The van der Waals surface area contributed by atoms with E-state index in [1.54, 1.807) is 0 Å². The molecule has 0 saturated carbocycles. The molecule has 0 radical (unpaired) electrons. The minimum Gasteiger partial charge on any atom is -0.388 e. The van der Waals surface area contributed by atoms with Crippen LogP contribution >= 0.6 is 0 Å². The zero-order valence-electron chi connectivity index (χ0n) is 12.2. The number of hydrogen-bond acceptors (Lipinski definition) is 2. The van der Waals surface area contributed by atoms with Gasteiger partial charge < -0.3 is 10.0 Å². The topological polar surface area (TPSA) is 23.5 Å². The van der Waals surface area contributed by atoms with E-state index in [0.717, 1.165) is 31.5 Å². The second-order valence-corrected chi connectivity index (χ2v) is 6.26. The number of aliphatic hydroxyl groups excluding tert-OH is 1. The third kappa shape index (κ3) is 2.24. The summed E-state index contributed by atoms with van der Waals surface area (Å²) >= 11 is 0. The number of hydrogen-bond donors (Lipinski definition) is 1. The molecule has 2 aromatic rings. The van der Waals surface area contributed by atoms with Gasteiger partial charge in [0.2, 0.25) is 0 Å². The van der Waals surface area contributed by atoms with Gasteiger partial charge in [0.25, 0.3) is 0 Å². The van der Waals surface area contributed by atoms with Crippen molar-refractivity contribution in [3.63, 3.8) is 0 Å². The van der Waals surface area contributed by atoms with Crippen LogP contribution < -0.4 is 4.90 Å². The maximum Gasteiger partial charge on any atom is 0.0810 e. The molecule has 0 spiro atoms. The van der Waals surface area contributed by atoms with Gasteiger partial charge in [0.15, 0.2) is 0 Å². The van der Waals surface area contributed by atoms with Gasteiger partial charge in [-0.2, -0.15) is 0 Å². The highest BCUT2D eigenvalue weighted by molar-refractivity contribution is 5.56. The minimum absolute atomic E-state index is 0.306. The van der Waals surface area contributed by atoms with Crippen LogP contribution in [0, 0.1) is 0 Å². The van der Waals surface area contributed by atoms with E-state index in [-0.39, 0.29) is 6.10 Å². The summed E-state index contributed by atoms with van der Waals surface area (Å²) in [4.78, 5) is 2.48. The first-order valence-corrected chi connectivity index (χ1v) is 7.92. The van der Waals surface area contributed by atoms with Gasteiger partial charge >= 0.3 is 0 Å². The van der Waals surface area contributed by atoms with E-state index < -0.39 is 0 Å². The lowest BCUT2D eigenvalue weighted by molar-refractivity contribution is 0.168. The van der Waals surface area contributed by atoms with Gasteiger partial charge in [0.1, 0.15) is 0 Å². The van der Waals surface area contributed by atoms with Gasteiger partial charge in [-0.25, -0.2) is 0 Å². The molecular weight excluding hydrogens is 258 g/mol. The van der Waals surface area contributed by atoms with Crippen LogP contribution in [-0.2, 0) is 6.42 Å². The summed E-state index contributed by atoms with van der Waals surface area (Å²) in [5.41, 5.74) is 5.35. The third-order valence-electron chi connectivity index (χ3n) is 4.94. The highest BCUT2D eigenvalue weighted by Crippen LogP contribution is 2.39. The monoisotopic (exact) mass is 279 g/mol. The fraction of sp³-hybridized carbons (Fsp3) is 0.368. The first-order valence-electron chi connectivity index (χ1n) is 7.92. The Labute approximate surface area is 126 Å². The van der Waals surface area contributed by atoms with Crippen molar-refractivity contribution in [2.75, 3.05) is 18.0 Å². The van der Waals surface area contributed by atoms with Gasteiger partial charge in [-0.1, -0.05) is 42.5 Å². The average molecular weight is 279 g/mol. The molecule has 1 N–H and O–H groups in total. The Bertz CT molecular complexity index is 652. The smallest absolute Gasteiger partial charge is 0.0810 e. The maximum absolute atomic E-state index is 10.3. The van der Waals surface area contributed by atoms with Gasteiger partial charge in [0, 0.05) is 30.3 Å². The largest absolute Gasteiger partial charge is 0.388 e. The molecular formula is C19H21NO. The first-order chi connectivity index (χ1) is 10.3. The number of nitrogens with zero attached hydrogens (tertiary/aromatic N) is 1. The Hall–Kier alpha value is -1.80. The number of rotatable bonds is 2. The number of para-hydroxylation sites is 1. The van der Waals surface area contributed by atoms with Crippen molar-refractivity contribution >= 4 is 5.69 Å². The second kappa shape index (κ2) is 5.19. The molecule has 21 heavy (non-hydrogen) atoms. The van der Waals surface area contributed by atoms with Crippen molar-refractivity contribution in [3.8, 4) is 0 Å². The number of benzene rings is 2. The molecule has 2 aliphatic rings. The van der Waals surface area contributed by atoms with Crippen molar-refractivity contribution in [2.45, 2.75) is 31.3 Å². The summed E-state index contributed by atoms with van der Waals surface area (Å²) in [7, 11) is 0. The summed E-state index contributed by atoms with van der Waals surface area (Å²) in [6.07, 6.45) is 2.82. The Kier molecular flexibility index (Phi) is 3.19. The molecule has 1 heterocycles. The lowest BCUT2D eigenvalue weighted by Crippen LogP contribution is -2.34. The lowest BCUT2D eigenvalue weighted by atomic mass is 9.77. The summed E-state index contributed by atoms with van der Waals surface area (Å²) < 4.78 is 0. The Balaban J connectivity index is 1.60. The van der Waals surface area contributed by atoms with Gasteiger partial charge in [0.05, 0.1) is 6.10 Å². The van der Waals surface area contributed by atoms with Crippen LogP contribution in [0.15, 0.2) is 48.5 Å². The molecule has 2 unspecified atom stereocenters. The molecule has 1 aliphatic carbocycles. The fourth-order valence-electron chi connectivity index (χ4n) is 3.79. The molecule has 2 heteroatoms. The molecule has 0 aromatic heterocycles. The second-order valence-electron chi connectivity index (χ2n) is 6.26. The lowest BCUT2D eigenvalue weighted by Gasteiger charge is -2.36. The van der Waals surface area contributed by atoms with E-state index in [1.165, 1.54) is 23.2 Å². The van der Waals surface area contributed by atoms with Gasteiger partial charge in [-0.05, 0) is 36.5 Å². The molecule has 0 amide bonds. The van der Waals surface area contributed by atoms with Crippen LogP contribution in [0.25, 0.3) is 0 Å². The summed E-state index contributed by atoms with van der Waals surface area (Å²) in [5.74, 6) is 0.643. The molecule has 0 saturated heterocycles. The van der Waals surface area contributed by atoms with E-state index in [4.69, 9.17) is 0 Å². The van der Waals surface area contributed by atoms with Crippen LogP contribution in [-0.4, -0.2) is 18.2 Å². The predicted molar refractivity (Wildman–Crippen MR) is 85.7 cm³/mol. The minimum atomic E-state index is -0.306. The molecule has 2 nitrogen and oxygen atoms in total. The quantitative estimate of drug-likeness (QED) is 0.907. The van der Waals surface area contributed by atoms with E-state index in [0.29, 0.717) is 5.92 Å². The molecule has 2 aromatic carbocycles. The van der Waals surface area contributed by atoms with Gasteiger partial charge in [-0.15, -0.1) is 0 Å². The van der Waals surface area contributed by atoms with Crippen LogP contribution in [0.1, 0.15) is 41.6 Å². The van der Waals surface area contributed by atoms with Crippen LogP contribution in [0.5, 0.6) is 0 Å². The fourth-order valence-corrected chi connectivity index (χ4v) is 3.79. The summed E-state index contributed by atoms with van der Waals surface area (Å²) in [5, 5.41) is 10.3. The average Bonchev–Trinajstić information content (AvgIpc) is 2.65. The number of anilines is 1. The van der Waals surface area contributed by atoms with Crippen LogP contribution in [0.4, 0.5) is 5.69 Å². The van der Waals surface area contributed by atoms with E-state index >= 15 is 0 Å². The maximum atomic E-state index is 10.3. The van der Waals surface area contributed by atoms with Crippen molar-refractivity contribution in [3.05, 3.63) is 65.2 Å². The third-order valence-corrected chi connectivity index (χ3v) is 4.94. The van der Waals surface area contributed by atoms with E-state index in [2.05, 4.69) is 47.4 Å². The van der Waals surface area contributed by atoms with E-state index in [1.807, 2.05) is 6.07 Å². The van der Waals surface area contributed by atoms with Crippen molar-refractivity contribution in [1.29, 1.82) is 0 Å². The molecule has 108 valence electrons. The Morgan fingerprint density at radius 3 is 2.62 bits per heavy atom. The molecule has 1 aliphatic heterocycles. The number of fused-ring (bicyclic) bond motifs is 2. The SMILES string of the molecule is OC1CCCN(CC2Cc3ccccc32)c2ccccc21. The van der Waals surface area contributed by atoms with Gasteiger partial charge in [-0.3, -0.25) is 0 Å². The number of aliphatic hydroxyl groups is 1. The molecule has 0 fully saturated rings. The zero-order chi connectivity index (χ0) is 14.2. The highest BCUT2D eigenvalue weighted by Gasteiger charge is 2.29. The summed E-state index contributed by atoms with van der Waals surface area (Å²) in [6, 6.07) is 17.1. The molecule has 2 atom stereocenters. The van der Waals surface area contributed by atoms with Crippen LogP contribution in [0.3, 0.4) is 0 Å². The normalized spacial score (nSPS) is 23.8. The Morgan fingerprint density at radius 2 is 1.76 bits per heavy atom. The Morgan fingerprint density at radius 1 is 1.00 bits per heavy atom. The van der Waals surface area contributed by atoms with Crippen LogP contribution in [0.2, 0.25) is 0 Å².